The van der Waals surface area contributed by atoms with Crippen LogP contribution in [0.25, 0.3) is 0 Å². The molecule has 3 rings (SSSR count). The van der Waals surface area contributed by atoms with E-state index in [1.165, 1.54) is 0 Å². The van der Waals surface area contributed by atoms with Gasteiger partial charge in [0.1, 0.15) is 23.6 Å². The van der Waals surface area contributed by atoms with Crippen molar-refractivity contribution in [1.29, 1.82) is 0 Å². The monoisotopic (exact) mass is 444 g/mol. The number of aromatic nitrogens is 2. The Kier molecular flexibility index (Phi) is 5.90. The number of alkyl halides is 3. The molecule has 9 heteroatoms. The molecular weight excluding hydrogens is 425 g/mol. The lowest BCUT2D eigenvalue weighted by molar-refractivity contribution is -0.141. The normalized spacial score (nSPS) is 17.9. The molecular formula is C18H20BrF3N4O. The maximum absolute atomic E-state index is 12.9. The minimum absolute atomic E-state index is 0.0825. The third-order valence-corrected chi connectivity index (χ3v) is 5.23. The first-order valence-corrected chi connectivity index (χ1v) is 9.24. The zero-order valence-corrected chi connectivity index (χ0v) is 16.6. The minimum Gasteiger partial charge on any atom is -0.496 e. The van der Waals surface area contributed by atoms with Crippen molar-refractivity contribution in [2.24, 2.45) is 0 Å². The van der Waals surface area contributed by atoms with E-state index in [0.29, 0.717) is 6.54 Å². The number of hydrogen-bond acceptors (Lipinski definition) is 5. The van der Waals surface area contributed by atoms with Crippen molar-refractivity contribution in [3.63, 3.8) is 0 Å². The molecule has 0 N–H and O–H groups in total. The smallest absolute Gasteiger partial charge is 0.433 e. The summed E-state index contributed by atoms with van der Waals surface area (Å²) in [4.78, 5) is 11.4. The summed E-state index contributed by atoms with van der Waals surface area (Å²) < 4.78 is 45.0. The highest BCUT2D eigenvalue weighted by atomic mass is 79.9. The van der Waals surface area contributed by atoms with Crippen LogP contribution in [0, 0.1) is 0 Å². The van der Waals surface area contributed by atoms with E-state index in [4.69, 9.17) is 4.74 Å². The molecule has 0 bridgehead atoms. The number of anilines is 1. The minimum atomic E-state index is -4.47. The molecule has 146 valence electrons. The van der Waals surface area contributed by atoms with Crippen LogP contribution >= 0.6 is 15.9 Å². The van der Waals surface area contributed by atoms with Crippen LogP contribution in [-0.2, 0) is 12.7 Å². The van der Waals surface area contributed by atoms with E-state index in [9.17, 15) is 13.2 Å². The largest absolute Gasteiger partial charge is 0.496 e. The van der Waals surface area contributed by atoms with E-state index in [0.717, 1.165) is 47.7 Å². The summed E-state index contributed by atoms with van der Waals surface area (Å²) in [6, 6.07) is 6.95. The number of benzene rings is 1. The third-order valence-electron chi connectivity index (χ3n) is 4.74. The van der Waals surface area contributed by atoms with Gasteiger partial charge in [0.25, 0.3) is 0 Å². The van der Waals surface area contributed by atoms with Gasteiger partial charge in [-0.3, -0.25) is 4.90 Å². The van der Waals surface area contributed by atoms with Gasteiger partial charge in [0.2, 0.25) is 0 Å². The highest BCUT2D eigenvalue weighted by Gasteiger charge is 2.34. The van der Waals surface area contributed by atoms with Gasteiger partial charge in [-0.25, -0.2) is 9.97 Å². The van der Waals surface area contributed by atoms with Crippen LogP contribution < -0.4 is 9.64 Å². The summed E-state index contributed by atoms with van der Waals surface area (Å²) in [5.41, 5.74) is 0.143. The van der Waals surface area contributed by atoms with E-state index in [2.05, 4.69) is 30.8 Å². The maximum atomic E-state index is 12.9. The molecule has 1 saturated heterocycles. The Labute approximate surface area is 164 Å². The zero-order valence-electron chi connectivity index (χ0n) is 15.0. The summed E-state index contributed by atoms with van der Waals surface area (Å²) in [5.74, 6) is 1.10. The molecule has 0 spiro atoms. The van der Waals surface area contributed by atoms with Gasteiger partial charge in [0, 0.05) is 48.8 Å². The Morgan fingerprint density at radius 1 is 1.30 bits per heavy atom. The fourth-order valence-electron chi connectivity index (χ4n) is 3.27. The summed E-state index contributed by atoms with van der Waals surface area (Å²) in [6.45, 7) is 2.30. The molecule has 1 aliphatic rings. The number of nitrogens with zero attached hydrogens (tertiary/aromatic N) is 4. The van der Waals surface area contributed by atoms with Gasteiger partial charge >= 0.3 is 6.18 Å². The molecule has 1 atom stereocenters. The van der Waals surface area contributed by atoms with Crippen LogP contribution in [0.5, 0.6) is 5.75 Å². The van der Waals surface area contributed by atoms with Gasteiger partial charge in [-0.1, -0.05) is 15.9 Å². The summed E-state index contributed by atoms with van der Waals surface area (Å²) >= 11 is 3.47. The van der Waals surface area contributed by atoms with Gasteiger partial charge < -0.3 is 9.64 Å². The van der Waals surface area contributed by atoms with E-state index in [-0.39, 0.29) is 11.9 Å². The van der Waals surface area contributed by atoms with Crippen molar-refractivity contribution >= 4 is 21.7 Å². The number of hydrogen-bond donors (Lipinski definition) is 0. The Morgan fingerprint density at radius 2 is 2.07 bits per heavy atom. The summed E-state index contributed by atoms with van der Waals surface area (Å²) in [6.07, 6.45) is -2.66. The fourth-order valence-corrected chi connectivity index (χ4v) is 3.67. The lowest BCUT2D eigenvalue weighted by Crippen LogP contribution is -2.35. The molecule has 0 aliphatic carbocycles. The Hall–Kier alpha value is -1.87. The van der Waals surface area contributed by atoms with Gasteiger partial charge in [-0.15, -0.1) is 0 Å². The quantitative estimate of drug-likeness (QED) is 0.697. The molecule has 0 amide bonds. The standard InChI is InChI=1S/C18H20BrF3N4O/c1-25(17-8-16(18(20,21)22)23-11-24-17)14-5-6-26(10-14)9-12-7-13(19)3-4-15(12)27-2/h3-4,7-8,11,14H,5-6,9-10H2,1-2H3. The van der Waals surface area contributed by atoms with E-state index >= 15 is 0 Å². The second-order valence-electron chi connectivity index (χ2n) is 6.50. The first-order valence-electron chi connectivity index (χ1n) is 8.45. The van der Waals surface area contributed by atoms with Crippen molar-refractivity contribution in [2.45, 2.75) is 25.2 Å². The Balaban J connectivity index is 1.68. The number of methoxy groups -OCH3 is 1. The van der Waals surface area contributed by atoms with Crippen molar-refractivity contribution < 1.29 is 17.9 Å². The molecule has 2 aromatic rings. The van der Waals surface area contributed by atoms with Crippen LogP contribution in [0.2, 0.25) is 0 Å². The topological polar surface area (TPSA) is 41.5 Å². The molecule has 0 radical (unpaired) electrons. The molecule has 5 nitrogen and oxygen atoms in total. The van der Waals surface area contributed by atoms with Crippen molar-refractivity contribution in [3.05, 3.63) is 46.3 Å². The van der Waals surface area contributed by atoms with Crippen molar-refractivity contribution in [3.8, 4) is 5.75 Å². The van der Waals surface area contributed by atoms with Crippen LogP contribution in [-0.4, -0.2) is 48.2 Å². The van der Waals surface area contributed by atoms with Gasteiger partial charge in [0.15, 0.2) is 0 Å². The van der Waals surface area contributed by atoms with E-state index < -0.39 is 11.9 Å². The van der Waals surface area contributed by atoms with Crippen molar-refractivity contribution in [2.75, 3.05) is 32.1 Å². The van der Waals surface area contributed by atoms with Crippen molar-refractivity contribution in [1.82, 2.24) is 14.9 Å². The van der Waals surface area contributed by atoms with Gasteiger partial charge in [-0.2, -0.15) is 13.2 Å². The number of halogens is 4. The first-order chi connectivity index (χ1) is 12.8. The molecule has 1 aromatic carbocycles. The molecule has 2 heterocycles. The summed E-state index contributed by atoms with van der Waals surface area (Å²) in [5, 5.41) is 0. The predicted octanol–water partition coefficient (Wildman–Crippen LogP) is 3.98. The molecule has 27 heavy (non-hydrogen) atoms. The van der Waals surface area contributed by atoms with Gasteiger partial charge in [0.05, 0.1) is 7.11 Å². The molecule has 1 fully saturated rings. The number of rotatable bonds is 5. The second kappa shape index (κ2) is 8.02. The average Bonchev–Trinajstić information content (AvgIpc) is 3.09. The molecule has 1 unspecified atom stereocenters. The van der Waals surface area contributed by atoms with Crippen LogP contribution in [0.15, 0.2) is 35.1 Å². The lowest BCUT2D eigenvalue weighted by atomic mass is 10.2. The zero-order chi connectivity index (χ0) is 19.6. The number of likely N-dealkylation sites (N-methyl/N-ethyl adjacent to an activating group) is 1. The third kappa shape index (κ3) is 4.70. The number of ether oxygens (including phenoxy) is 1. The van der Waals surface area contributed by atoms with E-state index in [1.807, 2.05) is 18.2 Å². The average molecular weight is 445 g/mol. The highest BCUT2D eigenvalue weighted by molar-refractivity contribution is 9.10. The van der Waals surface area contributed by atoms with Crippen LogP contribution in [0.4, 0.5) is 19.0 Å². The number of likely N-dealkylation sites (tertiary alicyclic amines) is 1. The molecule has 1 aliphatic heterocycles. The highest BCUT2D eigenvalue weighted by Crippen LogP contribution is 2.30. The second-order valence-corrected chi connectivity index (χ2v) is 7.42. The fraction of sp³-hybridized carbons (Fsp3) is 0.444. The van der Waals surface area contributed by atoms with Crippen LogP contribution in [0.3, 0.4) is 0 Å². The SMILES string of the molecule is COc1ccc(Br)cc1CN1CCC(N(C)c2cc(C(F)(F)F)ncn2)C1. The molecule has 1 aromatic heterocycles. The summed E-state index contributed by atoms with van der Waals surface area (Å²) in [7, 11) is 3.41. The van der Waals surface area contributed by atoms with Gasteiger partial charge in [-0.05, 0) is 24.6 Å². The first kappa shape index (κ1) is 19.9. The predicted molar refractivity (Wildman–Crippen MR) is 99.8 cm³/mol. The Morgan fingerprint density at radius 3 is 2.78 bits per heavy atom. The maximum Gasteiger partial charge on any atom is 0.433 e. The van der Waals surface area contributed by atoms with Crippen LogP contribution in [0.1, 0.15) is 17.7 Å². The lowest BCUT2D eigenvalue weighted by Gasteiger charge is -2.26. The van der Waals surface area contributed by atoms with E-state index in [1.54, 1.807) is 19.1 Å². The molecule has 0 saturated carbocycles. The Bertz CT molecular complexity index is 802.